The lowest BCUT2D eigenvalue weighted by Crippen LogP contribution is -2.07. The van der Waals surface area contributed by atoms with Crippen LogP contribution in [-0.2, 0) is 23.2 Å². The van der Waals surface area contributed by atoms with E-state index in [2.05, 4.69) is 6.92 Å². The van der Waals surface area contributed by atoms with E-state index in [1.807, 2.05) is 0 Å². The Bertz CT molecular complexity index is 326. The summed E-state index contributed by atoms with van der Waals surface area (Å²) in [7, 11) is -3.49. The third kappa shape index (κ3) is 13.9. The molecule has 0 amide bonds. The highest BCUT2D eigenvalue weighted by molar-refractivity contribution is 7.48. The van der Waals surface area contributed by atoms with E-state index in [9.17, 15) is 4.57 Å². The minimum atomic E-state index is -3.49. The Labute approximate surface area is 154 Å². The predicted octanol–water partition coefficient (Wildman–Crippen LogP) is 6.96. The first kappa shape index (κ1) is 23.1. The average Bonchev–Trinajstić information content (AvgIpc) is 2.59. The van der Waals surface area contributed by atoms with E-state index in [1.165, 1.54) is 64.2 Å². The quantitative estimate of drug-likeness (QED) is 0.133. The zero-order chi connectivity index (χ0) is 18.1. The van der Waals surface area contributed by atoms with Gasteiger partial charge in [0.2, 0.25) is 0 Å². The Balaban J connectivity index is 1.83. The van der Waals surface area contributed by atoms with Crippen molar-refractivity contribution in [3.8, 4) is 0 Å². The molecular formula is C19H39O5P. The van der Waals surface area contributed by atoms with E-state index in [-0.39, 0.29) is 0 Å². The van der Waals surface area contributed by atoms with Gasteiger partial charge in [0.15, 0.2) is 0 Å². The second kappa shape index (κ2) is 16.3. The first-order valence-electron chi connectivity index (χ1n) is 10.5. The molecule has 25 heavy (non-hydrogen) atoms. The second-order valence-corrected chi connectivity index (χ2v) is 8.52. The normalized spacial score (nSPS) is 18.0. The fraction of sp³-hybridized carbons (Fsp3) is 1.00. The van der Waals surface area contributed by atoms with Crippen molar-refractivity contribution in [3.05, 3.63) is 0 Å². The van der Waals surface area contributed by atoms with Crippen molar-refractivity contribution in [2.24, 2.45) is 0 Å². The van der Waals surface area contributed by atoms with Gasteiger partial charge in [-0.1, -0.05) is 77.6 Å². The Morgan fingerprint density at radius 2 is 1.20 bits per heavy atom. The molecule has 0 aromatic carbocycles. The fourth-order valence-electron chi connectivity index (χ4n) is 2.92. The molecule has 0 unspecified atom stereocenters. The second-order valence-electron chi connectivity index (χ2n) is 6.96. The standard InChI is InChI=1S/C19H39O5P/c1-2-3-4-5-6-7-8-9-10-11-12-14-17-21-24-25(20)22-18-15-13-16-19-23-25/h2-19H2,1H3. The van der Waals surface area contributed by atoms with Crippen LogP contribution in [0.1, 0.15) is 103 Å². The van der Waals surface area contributed by atoms with Gasteiger partial charge in [-0.25, -0.2) is 9.45 Å². The summed E-state index contributed by atoms with van der Waals surface area (Å²) in [5.41, 5.74) is 0. The number of hydrogen-bond acceptors (Lipinski definition) is 5. The van der Waals surface area contributed by atoms with Crippen LogP contribution in [-0.4, -0.2) is 19.8 Å². The lowest BCUT2D eigenvalue weighted by Gasteiger charge is -2.18. The maximum atomic E-state index is 12.1. The topological polar surface area (TPSA) is 54.0 Å². The summed E-state index contributed by atoms with van der Waals surface area (Å²) < 4.78 is 27.4. The molecule has 1 heterocycles. The molecule has 0 aromatic rings. The summed E-state index contributed by atoms with van der Waals surface area (Å²) in [5.74, 6) is 0. The number of phosphoric acid groups is 1. The van der Waals surface area contributed by atoms with Gasteiger partial charge in [0.25, 0.3) is 0 Å². The van der Waals surface area contributed by atoms with Gasteiger partial charge in [0.1, 0.15) is 0 Å². The molecule has 0 radical (unpaired) electrons. The van der Waals surface area contributed by atoms with Crippen LogP contribution in [0.15, 0.2) is 0 Å². The molecular weight excluding hydrogens is 339 g/mol. The predicted molar refractivity (Wildman–Crippen MR) is 101 cm³/mol. The van der Waals surface area contributed by atoms with E-state index in [0.29, 0.717) is 19.8 Å². The van der Waals surface area contributed by atoms with Crippen molar-refractivity contribution < 1.29 is 23.2 Å². The number of unbranched alkanes of at least 4 members (excludes halogenated alkanes) is 11. The molecule has 0 aliphatic carbocycles. The zero-order valence-corrected chi connectivity index (χ0v) is 17.1. The van der Waals surface area contributed by atoms with Gasteiger partial charge in [0, 0.05) is 0 Å². The highest BCUT2D eigenvalue weighted by Crippen LogP contribution is 2.50. The molecule has 1 aliphatic rings. The zero-order valence-electron chi connectivity index (χ0n) is 16.2. The average molecular weight is 378 g/mol. The Morgan fingerprint density at radius 3 is 1.72 bits per heavy atom. The van der Waals surface area contributed by atoms with Crippen LogP contribution in [0.25, 0.3) is 0 Å². The molecule has 1 fully saturated rings. The van der Waals surface area contributed by atoms with Crippen LogP contribution in [0.3, 0.4) is 0 Å². The van der Waals surface area contributed by atoms with Crippen LogP contribution >= 0.6 is 7.82 Å². The summed E-state index contributed by atoms with van der Waals surface area (Å²) in [6, 6.07) is 0. The Morgan fingerprint density at radius 1 is 0.720 bits per heavy atom. The third-order valence-corrected chi connectivity index (χ3v) is 5.80. The van der Waals surface area contributed by atoms with Crippen molar-refractivity contribution in [2.45, 2.75) is 103 Å². The minimum absolute atomic E-state index is 0.402. The molecule has 0 bridgehead atoms. The maximum absolute atomic E-state index is 12.1. The van der Waals surface area contributed by atoms with Crippen LogP contribution in [0.4, 0.5) is 0 Å². The Kier molecular flexibility index (Phi) is 15.0. The molecule has 0 N–H and O–H groups in total. The smallest absolute Gasteiger partial charge is 0.285 e. The molecule has 1 saturated heterocycles. The molecule has 0 atom stereocenters. The summed E-state index contributed by atoms with van der Waals surface area (Å²) in [6.07, 6.45) is 18.4. The monoisotopic (exact) mass is 378 g/mol. The van der Waals surface area contributed by atoms with Gasteiger partial charge >= 0.3 is 7.82 Å². The van der Waals surface area contributed by atoms with Crippen LogP contribution in [0, 0.1) is 0 Å². The molecule has 0 saturated carbocycles. The molecule has 5 nitrogen and oxygen atoms in total. The molecule has 150 valence electrons. The molecule has 0 spiro atoms. The first-order valence-corrected chi connectivity index (χ1v) is 11.9. The fourth-order valence-corrected chi connectivity index (χ4v) is 3.99. The number of phosphoric ester groups is 1. The number of rotatable bonds is 15. The molecule has 0 aromatic heterocycles. The number of hydrogen-bond donors (Lipinski definition) is 0. The maximum Gasteiger partial charge on any atom is 0.502 e. The lowest BCUT2D eigenvalue weighted by molar-refractivity contribution is -0.228. The molecule has 1 rings (SSSR count). The van der Waals surface area contributed by atoms with Crippen LogP contribution in [0.5, 0.6) is 0 Å². The summed E-state index contributed by atoms with van der Waals surface area (Å²) in [6.45, 7) is 3.50. The summed E-state index contributed by atoms with van der Waals surface area (Å²) in [5, 5.41) is 0. The van der Waals surface area contributed by atoms with Crippen molar-refractivity contribution in [1.82, 2.24) is 0 Å². The van der Waals surface area contributed by atoms with Crippen molar-refractivity contribution >= 4 is 7.82 Å². The minimum Gasteiger partial charge on any atom is -0.285 e. The highest BCUT2D eigenvalue weighted by atomic mass is 31.2. The first-order chi connectivity index (χ1) is 12.3. The van der Waals surface area contributed by atoms with Gasteiger partial charge < -0.3 is 0 Å². The van der Waals surface area contributed by atoms with E-state index in [1.54, 1.807) is 0 Å². The van der Waals surface area contributed by atoms with E-state index < -0.39 is 7.82 Å². The van der Waals surface area contributed by atoms with Crippen LogP contribution < -0.4 is 0 Å². The summed E-state index contributed by atoms with van der Waals surface area (Å²) in [4.78, 5) is 5.05. The highest BCUT2D eigenvalue weighted by Gasteiger charge is 2.29. The SMILES string of the molecule is CCCCCCCCCCCCCCOOP1(=O)OCCCCCO1. The van der Waals surface area contributed by atoms with Gasteiger partial charge in [-0.05, 0) is 25.7 Å². The van der Waals surface area contributed by atoms with Crippen molar-refractivity contribution in [1.29, 1.82) is 0 Å². The lowest BCUT2D eigenvalue weighted by atomic mass is 10.1. The van der Waals surface area contributed by atoms with Gasteiger partial charge in [-0.15, -0.1) is 4.67 Å². The van der Waals surface area contributed by atoms with E-state index in [0.717, 1.165) is 32.1 Å². The van der Waals surface area contributed by atoms with E-state index in [4.69, 9.17) is 18.6 Å². The van der Waals surface area contributed by atoms with Gasteiger partial charge in [-0.3, -0.25) is 9.05 Å². The van der Waals surface area contributed by atoms with E-state index >= 15 is 0 Å². The van der Waals surface area contributed by atoms with Crippen molar-refractivity contribution in [3.63, 3.8) is 0 Å². The van der Waals surface area contributed by atoms with Gasteiger partial charge in [-0.2, -0.15) is 0 Å². The van der Waals surface area contributed by atoms with Crippen LogP contribution in [0.2, 0.25) is 0 Å². The van der Waals surface area contributed by atoms with Gasteiger partial charge in [0.05, 0.1) is 19.8 Å². The molecule has 6 heteroatoms. The molecule has 1 aliphatic heterocycles. The van der Waals surface area contributed by atoms with Crippen molar-refractivity contribution in [2.75, 3.05) is 19.8 Å². The Hall–Kier alpha value is 0.0700. The third-order valence-electron chi connectivity index (χ3n) is 4.51. The summed E-state index contributed by atoms with van der Waals surface area (Å²) >= 11 is 0. The largest absolute Gasteiger partial charge is 0.502 e.